The quantitative estimate of drug-likeness (QED) is 0.0459. The maximum atomic E-state index is 16.5. The number of nitro benzene ring substituents is 1. The maximum Gasteiger partial charge on any atom is 0.401 e. The van der Waals surface area contributed by atoms with Crippen LogP contribution in [0.2, 0.25) is 0 Å². The van der Waals surface area contributed by atoms with Gasteiger partial charge in [0.15, 0.2) is 0 Å². The number of amides is 1. The third-order valence-electron chi connectivity index (χ3n) is 15.2. The lowest BCUT2D eigenvalue weighted by Crippen LogP contribution is -2.55. The van der Waals surface area contributed by atoms with Crippen molar-refractivity contribution in [3.05, 3.63) is 106 Å². The van der Waals surface area contributed by atoms with E-state index in [0.29, 0.717) is 48.2 Å². The number of halogens is 5. The van der Waals surface area contributed by atoms with Gasteiger partial charge in [0.2, 0.25) is 0 Å². The third kappa shape index (κ3) is 9.79. The highest BCUT2D eigenvalue weighted by Gasteiger charge is 2.50. The minimum absolute atomic E-state index is 0.117. The number of aromatic nitrogens is 4. The first-order valence-electron chi connectivity index (χ1n) is 24.3. The number of nitrogens with zero attached hydrogens (tertiary/aromatic N) is 6. The van der Waals surface area contributed by atoms with E-state index in [2.05, 4.69) is 68.3 Å². The van der Waals surface area contributed by atoms with Gasteiger partial charge < -0.3 is 24.9 Å². The molecule has 0 bridgehead atoms. The highest BCUT2D eigenvalue weighted by Crippen LogP contribution is 2.54. The van der Waals surface area contributed by atoms with Crippen molar-refractivity contribution < 1.29 is 44.8 Å². The number of rotatable bonds is 14. The molecule has 0 radical (unpaired) electrons. The number of piperidine rings is 2. The number of anilines is 2. The Labute approximate surface area is 411 Å². The van der Waals surface area contributed by atoms with Crippen molar-refractivity contribution in [3.63, 3.8) is 0 Å². The molecule has 1 spiro atoms. The number of fused-ring (bicyclic) bond motifs is 2. The third-order valence-corrected chi connectivity index (χ3v) is 16.6. The summed E-state index contributed by atoms with van der Waals surface area (Å²) in [4.78, 5) is 44.7. The molecule has 6 heterocycles. The number of aromatic amines is 2. The van der Waals surface area contributed by atoms with Gasteiger partial charge in [-0.25, -0.2) is 31.9 Å². The van der Waals surface area contributed by atoms with Gasteiger partial charge >= 0.3 is 6.18 Å². The number of carbonyl (C=O) groups is 1. The fourth-order valence-corrected chi connectivity index (χ4v) is 12.6. The number of imidazole rings is 1. The predicted molar refractivity (Wildman–Crippen MR) is 260 cm³/mol. The van der Waals surface area contributed by atoms with Crippen molar-refractivity contribution in [1.29, 1.82) is 0 Å². The van der Waals surface area contributed by atoms with Crippen LogP contribution in [0.3, 0.4) is 0 Å². The summed E-state index contributed by atoms with van der Waals surface area (Å²) >= 11 is 0. The molecule has 10 rings (SSSR count). The number of H-pyrrole nitrogens is 2. The van der Waals surface area contributed by atoms with Gasteiger partial charge in [0, 0.05) is 68.5 Å². The zero-order valence-electron chi connectivity index (χ0n) is 39.7. The van der Waals surface area contributed by atoms with Crippen LogP contribution in [0.1, 0.15) is 98.7 Å². The predicted octanol–water partition coefficient (Wildman–Crippen LogP) is 9.89. The Morgan fingerprint density at radius 2 is 1.75 bits per heavy atom. The van der Waals surface area contributed by atoms with E-state index in [1.807, 2.05) is 9.62 Å². The lowest BCUT2D eigenvalue weighted by atomic mass is 9.59. The van der Waals surface area contributed by atoms with Crippen LogP contribution in [0.15, 0.2) is 78.2 Å². The summed E-state index contributed by atoms with van der Waals surface area (Å²) < 4.78 is 108. The average molecular weight is 1020 g/mol. The first kappa shape index (κ1) is 49.2. The van der Waals surface area contributed by atoms with Gasteiger partial charge in [0.1, 0.15) is 44.7 Å². The van der Waals surface area contributed by atoms with Gasteiger partial charge in [-0.05, 0) is 98.6 Å². The number of pyridine rings is 1. The smallest absolute Gasteiger partial charge is 0.401 e. The fourth-order valence-electron chi connectivity index (χ4n) is 11.5. The number of hydrogen-bond acceptors (Lipinski definition) is 12. The molecule has 1 aliphatic carbocycles. The Morgan fingerprint density at radius 1 is 1.00 bits per heavy atom. The van der Waals surface area contributed by atoms with Crippen LogP contribution >= 0.6 is 0 Å². The van der Waals surface area contributed by atoms with Crippen LogP contribution in [0, 0.1) is 21.3 Å². The summed E-state index contributed by atoms with van der Waals surface area (Å²) in [5.74, 6) is -1.69. The number of ether oxygens (including phenoxy) is 1. The SMILES string of the molecule is CC(C)c1ccccc1C1CCCN1C1CC2(CCN(c3cc(Oc4cnc5[nH]ccc5c4)c(C(=O)NS(=O)(=O)c4cc([N+](=O)[O-])c(NCC5(F)CCN(CC(F)(F)F)CC5)c5[nH]cnc45)cc3F)CC2)C1. The fraction of sp³-hybridized carbons (Fsp3) is 0.460. The first-order valence-corrected chi connectivity index (χ1v) is 25.7. The van der Waals surface area contributed by atoms with Crippen molar-refractivity contribution in [2.45, 2.75) is 100.0 Å². The molecule has 3 saturated heterocycles. The molecule has 3 aromatic carbocycles. The molecular weight excluding hydrogens is 964 g/mol. The molecule has 1 saturated carbocycles. The number of sulfonamides is 1. The van der Waals surface area contributed by atoms with Crippen LogP contribution < -0.4 is 19.7 Å². The molecule has 16 nitrogen and oxygen atoms in total. The number of hydrogen-bond donors (Lipinski definition) is 4. The van der Waals surface area contributed by atoms with Crippen LogP contribution in [-0.2, 0) is 10.0 Å². The minimum atomic E-state index is -5.04. The lowest BCUT2D eigenvalue weighted by Gasteiger charge is -2.56. The van der Waals surface area contributed by atoms with Crippen molar-refractivity contribution in [2.75, 3.05) is 56.0 Å². The molecule has 4 N–H and O–H groups in total. The largest absolute Gasteiger partial charge is 0.455 e. The van der Waals surface area contributed by atoms with Gasteiger partial charge in [0.25, 0.3) is 21.6 Å². The molecule has 6 aromatic rings. The number of nitro groups is 1. The number of benzene rings is 3. The average Bonchev–Trinajstić information content (AvgIpc) is 4.13. The lowest BCUT2D eigenvalue weighted by molar-refractivity contribution is -0.384. The van der Waals surface area contributed by atoms with Crippen molar-refractivity contribution in [2.24, 2.45) is 5.41 Å². The molecule has 1 atom stereocenters. The van der Waals surface area contributed by atoms with E-state index in [1.165, 1.54) is 23.4 Å². The van der Waals surface area contributed by atoms with Gasteiger partial charge in [-0.15, -0.1) is 0 Å². The second-order valence-corrected chi connectivity index (χ2v) is 21.9. The molecule has 3 aliphatic heterocycles. The van der Waals surface area contributed by atoms with Crippen LogP contribution in [-0.4, -0.2) is 113 Å². The Hall–Kier alpha value is -6.39. The standard InChI is InChI=1S/C50H55F5N10O6S/c1-30(2)34-6-3-4-7-35(34)38-8-5-15-64(38)32-24-48(25-32)10-18-63(19-11-48)39-22-41(71-33-20-31-9-14-56-46(31)57-26-33)36(21-37(39)51)47(66)61-72(69,70)42-23-40(65(67)68)43(45-44(42)59-29-60-45)58-27-49(52)12-16-62(17-13-49)28-50(53,54)55/h3-4,6-7,9,14,20-23,26,29-30,32,38,58H,5,8,10-13,15-19,24-25,27-28H2,1-2H3,(H,56,57)(H,59,60)(H,61,66). The number of nitrogens with one attached hydrogen (secondary N) is 4. The summed E-state index contributed by atoms with van der Waals surface area (Å²) in [7, 11) is -5.04. The van der Waals surface area contributed by atoms with Crippen molar-refractivity contribution >= 4 is 55.1 Å². The summed E-state index contributed by atoms with van der Waals surface area (Å²) in [6.45, 7) is 4.46. The zero-order chi connectivity index (χ0) is 50.7. The monoisotopic (exact) mass is 1020 g/mol. The van der Waals surface area contributed by atoms with E-state index >= 15 is 8.78 Å². The zero-order valence-corrected chi connectivity index (χ0v) is 40.5. The molecule has 72 heavy (non-hydrogen) atoms. The molecule has 382 valence electrons. The summed E-state index contributed by atoms with van der Waals surface area (Å²) in [6.07, 6.45) is 5.13. The highest BCUT2D eigenvalue weighted by molar-refractivity contribution is 7.90. The van der Waals surface area contributed by atoms with Crippen molar-refractivity contribution in [1.82, 2.24) is 34.5 Å². The van der Waals surface area contributed by atoms with Crippen molar-refractivity contribution in [3.8, 4) is 11.5 Å². The van der Waals surface area contributed by atoms with Gasteiger partial charge in [-0.1, -0.05) is 38.1 Å². The summed E-state index contributed by atoms with van der Waals surface area (Å²) in [5.41, 5.74) is -0.595. The van der Waals surface area contributed by atoms with Gasteiger partial charge in [-0.2, -0.15) is 13.2 Å². The summed E-state index contributed by atoms with van der Waals surface area (Å²) in [6, 6.07) is 16.0. The molecule has 3 aromatic heterocycles. The van der Waals surface area contributed by atoms with Gasteiger partial charge in [0.05, 0.1) is 40.8 Å². The first-order chi connectivity index (χ1) is 34.3. The van der Waals surface area contributed by atoms with E-state index in [4.69, 9.17) is 4.74 Å². The molecular formula is C50H55F5N10O6S. The molecule has 4 aliphatic rings. The topological polar surface area (TPSA) is 195 Å². The minimum Gasteiger partial charge on any atom is -0.455 e. The Morgan fingerprint density at radius 3 is 2.47 bits per heavy atom. The van der Waals surface area contributed by atoms with E-state index in [9.17, 15) is 36.5 Å². The van der Waals surface area contributed by atoms with E-state index in [-0.39, 0.29) is 65.3 Å². The molecule has 1 unspecified atom stereocenters. The molecule has 22 heteroatoms. The van der Waals surface area contributed by atoms with Gasteiger partial charge in [-0.3, -0.25) is 24.7 Å². The Kier molecular flexibility index (Phi) is 12.9. The second-order valence-electron chi connectivity index (χ2n) is 20.2. The Bertz CT molecular complexity index is 3140. The highest BCUT2D eigenvalue weighted by atomic mass is 32.2. The number of carbonyl (C=O) groups excluding carboxylic acids is 1. The second kappa shape index (κ2) is 18.9. The number of alkyl halides is 4. The molecule has 4 fully saturated rings. The maximum absolute atomic E-state index is 16.5. The van der Waals surface area contributed by atoms with E-state index < -0.39 is 67.8 Å². The van der Waals surface area contributed by atoms with Crippen LogP contribution in [0.5, 0.6) is 11.5 Å². The summed E-state index contributed by atoms with van der Waals surface area (Å²) in [5, 5.41) is 15.8. The normalized spacial score (nSPS) is 19.8. The van der Waals surface area contributed by atoms with Crippen LogP contribution in [0.4, 0.5) is 39.0 Å². The number of likely N-dealkylation sites (tertiary alicyclic amines) is 2. The van der Waals surface area contributed by atoms with Crippen LogP contribution in [0.25, 0.3) is 22.1 Å². The Balaban J connectivity index is 0.876. The van der Waals surface area contributed by atoms with E-state index in [1.54, 1.807) is 18.3 Å². The molecule has 1 amide bonds. The van der Waals surface area contributed by atoms with E-state index in [0.717, 1.165) is 62.4 Å².